The van der Waals surface area contributed by atoms with Crippen molar-refractivity contribution in [2.24, 2.45) is 0 Å². The third kappa shape index (κ3) is 2.36. The fourth-order valence-electron chi connectivity index (χ4n) is 1.48. The number of hydrogen-bond donors (Lipinski definition) is 1. The first-order valence-electron chi connectivity index (χ1n) is 4.91. The third-order valence-electron chi connectivity index (χ3n) is 2.81. The average Bonchev–Trinajstić information content (AvgIpc) is 2.20. The number of aryl methyl sites for hydroxylation is 1. The Morgan fingerprint density at radius 2 is 2.07 bits per heavy atom. The maximum atomic E-state index is 13.5. The highest BCUT2D eigenvalue weighted by Crippen LogP contribution is 2.29. The van der Waals surface area contributed by atoms with Crippen molar-refractivity contribution in [3.63, 3.8) is 0 Å². The molecule has 15 heavy (non-hydrogen) atoms. The first-order chi connectivity index (χ1) is 6.89. The van der Waals surface area contributed by atoms with E-state index in [1.54, 1.807) is 26.0 Å². The van der Waals surface area contributed by atoms with Crippen molar-refractivity contribution >= 4 is 0 Å². The van der Waals surface area contributed by atoms with Gasteiger partial charge < -0.3 is 9.84 Å². The summed E-state index contributed by atoms with van der Waals surface area (Å²) in [5.41, 5.74) is -0.128. The summed E-state index contributed by atoms with van der Waals surface area (Å²) in [6, 6.07) is 4.68. The van der Waals surface area contributed by atoms with E-state index in [1.165, 1.54) is 13.2 Å². The molecule has 0 radical (unpaired) electrons. The summed E-state index contributed by atoms with van der Waals surface area (Å²) >= 11 is 0. The fourth-order valence-corrected chi connectivity index (χ4v) is 1.48. The number of halogens is 1. The Balaban J connectivity index is 3.19. The van der Waals surface area contributed by atoms with Crippen LogP contribution in [0.1, 0.15) is 25.0 Å². The molecule has 2 nitrogen and oxygen atoms in total. The lowest BCUT2D eigenvalue weighted by atomic mass is 9.89. The van der Waals surface area contributed by atoms with Crippen LogP contribution in [0.15, 0.2) is 18.2 Å². The van der Waals surface area contributed by atoms with Gasteiger partial charge in [0, 0.05) is 12.7 Å². The van der Waals surface area contributed by atoms with Crippen molar-refractivity contribution in [3.05, 3.63) is 35.1 Å². The number of aliphatic hydroxyl groups is 1. The van der Waals surface area contributed by atoms with E-state index in [2.05, 4.69) is 0 Å². The molecule has 1 aromatic carbocycles. The Kier molecular flexibility index (Phi) is 3.47. The molecule has 0 saturated heterocycles. The fraction of sp³-hybridized carbons (Fsp3) is 0.500. The van der Waals surface area contributed by atoms with Crippen LogP contribution in [0.2, 0.25) is 0 Å². The van der Waals surface area contributed by atoms with Gasteiger partial charge in [0.25, 0.3) is 0 Å². The first kappa shape index (κ1) is 12.1. The third-order valence-corrected chi connectivity index (χ3v) is 2.81. The van der Waals surface area contributed by atoms with Crippen LogP contribution in [0.3, 0.4) is 0 Å². The second-order valence-corrected chi connectivity index (χ2v) is 4.01. The van der Waals surface area contributed by atoms with Gasteiger partial charge in [0.15, 0.2) is 0 Å². The molecule has 0 amide bonds. The van der Waals surface area contributed by atoms with Gasteiger partial charge in [-0.05, 0) is 26.8 Å². The Hall–Kier alpha value is -0.930. The summed E-state index contributed by atoms with van der Waals surface area (Å²) in [5.74, 6) is -0.408. The van der Waals surface area contributed by atoms with E-state index in [0.29, 0.717) is 0 Å². The Bertz CT molecular complexity index is 347. The summed E-state index contributed by atoms with van der Waals surface area (Å²) in [6.45, 7) is 5.12. The lowest BCUT2D eigenvalue weighted by molar-refractivity contribution is -0.0791. The van der Waals surface area contributed by atoms with Crippen LogP contribution in [0.4, 0.5) is 4.39 Å². The zero-order chi connectivity index (χ0) is 11.6. The topological polar surface area (TPSA) is 29.5 Å². The summed E-state index contributed by atoms with van der Waals surface area (Å²) in [7, 11) is 1.49. The van der Waals surface area contributed by atoms with Gasteiger partial charge in [0.2, 0.25) is 0 Å². The maximum absolute atomic E-state index is 13.5. The predicted molar refractivity (Wildman–Crippen MR) is 57.2 cm³/mol. The Labute approximate surface area is 89.7 Å². The van der Waals surface area contributed by atoms with Crippen molar-refractivity contribution < 1.29 is 14.2 Å². The smallest absolute Gasteiger partial charge is 0.129 e. The van der Waals surface area contributed by atoms with Crippen LogP contribution in [-0.4, -0.2) is 18.3 Å². The van der Waals surface area contributed by atoms with Crippen LogP contribution >= 0.6 is 0 Å². The van der Waals surface area contributed by atoms with Crippen molar-refractivity contribution in [2.45, 2.75) is 32.5 Å². The number of methoxy groups -OCH3 is 1. The standard InChI is InChI=1S/C12H17FO2/c1-8-5-6-11(13)10(7-8)12(3,14)9(2)15-4/h5-7,9,14H,1-4H3. The van der Waals surface area contributed by atoms with Crippen LogP contribution < -0.4 is 0 Å². The predicted octanol–water partition coefficient (Wildman–Crippen LogP) is 2.38. The zero-order valence-corrected chi connectivity index (χ0v) is 9.54. The molecule has 84 valence electrons. The van der Waals surface area contributed by atoms with E-state index in [0.717, 1.165) is 5.56 Å². The molecule has 3 heteroatoms. The SMILES string of the molecule is COC(C)C(C)(O)c1cc(C)ccc1F. The summed E-state index contributed by atoms with van der Waals surface area (Å²) in [5, 5.41) is 10.2. The highest BCUT2D eigenvalue weighted by atomic mass is 19.1. The lowest BCUT2D eigenvalue weighted by Gasteiger charge is -2.30. The van der Waals surface area contributed by atoms with E-state index < -0.39 is 17.5 Å². The number of ether oxygens (including phenoxy) is 1. The molecule has 1 rings (SSSR count). The van der Waals surface area contributed by atoms with Gasteiger partial charge in [-0.3, -0.25) is 0 Å². The quantitative estimate of drug-likeness (QED) is 0.833. The molecule has 2 atom stereocenters. The molecule has 0 fully saturated rings. The minimum atomic E-state index is -1.31. The first-order valence-corrected chi connectivity index (χ1v) is 4.91. The second kappa shape index (κ2) is 4.29. The van der Waals surface area contributed by atoms with Crippen LogP contribution in [0, 0.1) is 12.7 Å². The average molecular weight is 212 g/mol. The van der Waals surface area contributed by atoms with Crippen molar-refractivity contribution in [1.29, 1.82) is 0 Å². The monoisotopic (exact) mass is 212 g/mol. The van der Waals surface area contributed by atoms with Gasteiger partial charge in [-0.25, -0.2) is 4.39 Å². The molecular weight excluding hydrogens is 195 g/mol. The van der Waals surface area contributed by atoms with Gasteiger partial charge in [-0.15, -0.1) is 0 Å². The second-order valence-electron chi connectivity index (χ2n) is 4.01. The summed E-state index contributed by atoms with van der Waals surface area (Å²) < 4.78 is 18.6. The molecule has 0 aliphatic heterocycles. The van der Waals surface area contributed by atoms with Crippen molar-refractivity contribution in [3.8, 4) is 0 Å². The molecule has 0 heterocycles. The molecule has 1 aromatic rings. The van der Waals surface area contributed by atoms with Crippen molar-refractivity contribution in [1.82, 2.24) is 0 Å². The van der Waals surface area contributed by atoms with E-state index in [9.17, 15) is 9.50 Å². The van der Waals surface area contributed by atoms with E-state index in [4.69, 9.17) is 4.74 Å². The number of hydrogen-bond acceptors (Lipinski definition) is 2. The molecule has 0 aromatic heterocycles. The van der Waals surface area contributed by atoms with Crippen molar-refractivity contribution in [2.75, 3.05) is 7.11 Å². The largest absolute Gasteiger partial charge is 0.383 e. The molecule has 0 aliphatic carbocycles. The zero-order valence-electron chi connectivity index (χ0n) is 9.54. The van der Waals surface area contributed by atoms with Gasteiger partial charge in [0.1, 0.15) is 11.4 Å². The molecule has 0 bridgehead atoms. The minimum absolute atomic E-state index is 0.275. The van der Waals surface area contributed by atoms with Gasteiger partial charge in [0.05, 0.1) is 6.10 Å². The van der Waals surface area contributed by atoms with E-state index in [-0.39, 0.29) is 5.56 Å². The minimum Gasteiger partial charge on any atom is -0.383 e. The molecule has 0 saturated carbocycles. The molecule has 1 N–H and O–H groups in total. The van der Waals surface area contributed by atoms with Crippen LogP contribution in [0.5, 0.6) is 0 Å². The van der Waals surface area contributed by atoms with E-state index >= 15 is 0 Å². The lowest BCUT2D eigenvalue weighted by Crippen LogP contribution is -2.36. The molecule has 2 unspecified atom stereocenters. The number of benzene rings is 1. The Morgan fingerprint density at radius 1 is 1.47 bits per heavy atom. The van der Waals surface area contributed by atoms with Crippen LogP contribution in [0.25, 0.3) is 0 Å². The molecule has 0 aliphatic rings. The summed E-state index contributed by atoms with van der Waals surface area (Å²) in [4.78, 5) is 0. The maximum Gasteiger partial charge on any atom is 0.129 e. The Morgan fingerprint density at radius 3 is 2.60 bits per heavy atom. The highest BCUT2D eigenvalue weighted by molar-refractivity contribution is 5.29. The van der Waals surface area contributed by atoms with Gasteiger partial charge >= 0.3 is 0 Å². The van der Waals surface area contributed by atoms with Gasteiger partial charge in [-0.1, -0.05) is 17.7 Å². The van der Waals surface area contributed by atoms with E-state index in [1.807, 2.05) is 6.92 Å². The van der Waals surface area contributed by atoms with Crippen LogP contribution in [-0.2, 0) is 10.3 Å². The normalized spacial score (nSPS) is 17.2. The highest BCUT2D eigenvalue weighted by Gasteiger charge is 2.33. The van der Waals surface area contributed by atoms with Gasteiger partial charge in [-0.2, -0.15) is 0 Å². The molecular formula is C12H17FO2. The summed E-state index contributed by atoms with van der Waals surface area (Å²) in [6.07, 6.45) is -0.464. The number of rotatable bonds is 3. The molecule has 0 spiro atoms.